The van der Waals surface area contributed by atoms with Crippen LogP contribution in [0.15, 0.2) is 33.9 Å². The molecule has 1 aromatic carbocycles. The lowest BCUT2D eigenvalue weighted by atomic mass is 10.2. The highest BCUT2D eigenvalue weighted by Gasteiger charge is 2.18. The molecule has 8 heteroatoms. The third-order valence-corrected chi connectivity index (χ3v) is 5.39. The Morgan fingerprint density at radius 1 is 1.39 bits per heavy atom. The quantitative estimate of drug-likeness (QED) is 0.684. The Morgan fingerprint density at radius 2 is 2.17 bits per heavy atom. The van der Waals surface area contributed by atoms with Crippen molar-refractivity contribution >= 4 is 50.7 Å². The molecule has 23 heavy (non-hydrogen) atoms. The van der Waals surface area contributed by atoms with E-state index in [0.717, 1.165) is 15.0 Å². The van der Waals surface area contributed by atoms with Gasteiger partial charge in [0.15, 0.2) is 0 Å². The smallest absolute Gasteiger partial charge is 0.277 e. The van der Waals surface area contributed by atoms with Crippen LogP contribution >= 0.6 is 34.7 Å². The number of thiophene rings is 1. The first kappa shape index (κ1) is 16.3. The number of carbonyl (C=O) groups excluding carboxylic acids is 1. The molecule has 2 aromatic heterocycles. The molecule has 0 bridgehead atoms. The summed E-state index contributed by atoms with van der Waals surface area (Å²) in [6, 6.07) is 7.96. The zero-order valence-electron chi connectivity index (χ0n) is 12.5. The first-order chi connectivity index (χ1) is 11.0. The van der Waals surface area contributed by atoms with Crippen LogP contribution in [0.2, 0.25) is 5.02 Å². The molecular weight excluding hydrogens is 354 g/mol. The predicted molar refractivity (Wildman–Crippen MR) is 94.1 cm³/mol. The normalized spacial score (nSPS) is 11.3. The summed E-state index contributed by atoms with van der Waals surface area (Å²) in [5.41, 5.74) is 0. The number of fused-ring (bicyclic) bond motifs is 1. The molecule has 1 amide bonds. The third kappa shape index (κ3) is 3.68. The summed E-state index contributed by atoms with van der Waals surface area (Å²) in [6.45, 7) is 3.83. The molecule has 0 saturated heterocycles. The van der Waals surface area contributed by atoms with E-state index in [0.29, 0.717) is 16.1 Å². The summed E-state index contributed by atoms with van der Waals surface area (Å²) in [5, 5.41) is 12.8. The minimum atomic E-state index is -0.0651. The van der Waals surface area contributed by atoms with Gasteiger partial charge in [-0.15, -0.1) is 21.5 Å². The van der Waals surface area contributed by atoms with Crippen LogP contribution in [0.5, 0.6) is 0 Å². The number of carbonyl (C=O) groups is 1. The fraction of sp³-hybridized carbons (Fsp3) is 0.267. The van der Waals surface area contributed by atoms with Crippen molar-refractivity contribution in [2.24, 2.45) is 0 Å². The fourth-order valence-electron chi connectivity index (χ4n) is 2.00. The first-order valence-corrected chi connectivity index (χ1v) is 9.15. The second kappa shape index (κ2) is 6.90. The van der Waals surface area contributed by atoms with E-state index in [4.69, 9.17) is 16.0 Å². The summed E-state index contributed by atoms with van der Waals surface area (Å²) in [4.78, 5) is 12.4. The molecule has 0 unspecified atom stereocenters. The minimum Gasteiger partial charge on any atom is -0.410 e. The zero-order valence-corrected chi connectivity index (χ0v) is 14.9. The molecule has 0 fully saturated rings. The van der Waals surface area contributed by atoms with Crippen molar-refractivity contribution in [2.75, 3.05) is 5.75 Å². The average molecular weight is 368 g/mol. The van der Waals surface area contributed by atoms with E-state index in [2.05, 4.69) is 15.5 Å². The van der Waals surface area contributed by atoms with Gasteiger partial charge in [-0.25, -0.2) is 0 Å². The molecule has 0 atom stereocenters. The molecule has 0 spiro atoms. The predicted octanol–water partition coefficient (Wildman–Crippen LogP) is 4.22. The van der Waals surface area contributed by atoms with Crippen LogP contribution in [-0.4, -0.2) is 27.9 Å². The van der Waals surface area contributed by atoms with E-state index >= 15 is 0 Å². The second-order valence-corrected chi connectivity index (χ2v) is 7.48. The molecule has 5 nitrogen and oxygen atoms in total. The van der Waals surface area contributed by atoms with Crippen LogP contribution < -0.4 is 5.32 Å². The van der Waals surface area contributed by atoms with E-state index in [1.807, 2.05) is 38.1 Å². The number of thioether (sulfide) groups is 1. The number of aromatic nitrogens is 2. The Balaban J connectivity index is 1.76. The van der Waals surface area contributed by atoms with Gasteiger partial charge in [0.2, 0.25) is 5.91 Å². The van der Waals surface area contributed by atoms with E-state index in [1.54, 1.807) is 0 Å². The second-order valence-electron chi connectivity index (χ2n) is 5.13. The van der Waals surface area contributed by atoms with Crippen molar-refractivity contribution in [1.82, 2.24) is 15.5 Å². The lowest BCUT2D eigenvalue weighted by molar-refractivity contribution is -0.119. The van der Waals surface area contributed by atoms with Gasteiger partial charge in [0.05, 0.1) is 10.8 Å². The Kier molecular flexibility index (Phi) is 4.89. The highest BCUT2D eigenvalue weighted by molar-refractivity contribution is 7.99. The summed E-state index contributed by atoms with van der Waals surface area (Å²) in [6.07, 6.45) is 0. The van der Waals surface area contributed by atoms with E-state index in [1.165, 1.54) is 23.1 Å². The van der Waals surface area contributed by atoms with Crippen molar-refractivity contribution < 1.29 is 9.21 Å². The maximum absolute atomic E-state index is 11.6. The Hall–Kier alpha value is -1.57. The number of nitrogens with one attached hydrogen (secondary N) is 1. The highest BCUT2D eigenvalue weighted by Crippen LogP contribution is 2.41. The van der Waals surface area contributed by atoms with Gasteiger partial charge >= 0.3 is 0 Å². The monoisotopic (exact) mass is 367 g/mol. The Morgan fingerprint density at radius 3 is 2.91 bits per heavy atom. The summed E-state index contributed by atoms with van der Waals surface area (Å²) in [5.74, 6) is 0.549. The van der Waals surface area contributed by atoms with Crippen molar-refractivity contribution in [1.29, 1.82) is 0 Å². The number of benzene rings is 1. The molecule has 0 aliphatic carbocycles. The lowest BCUT2D eigenvalue weighted by Crippen LogP contribution is -2.31. The molecule has 2 heterocycles. The largest absolute Gasteiger partial charge is 0.410 e. The number of hydrogen-bond donors (Lipinski definition) is 1. The highest BCUT2D eigenvalue weighted by atomic mass is 35.5. The van der Waals surface area contributed by atoms with Crippen LogP contribution in [-0.2, 0) is 4.79 Å². The van der Waals surface area contributed by atoms with Gasteiger partial charge in [-0.1, -0.05) is 41.6 Å². The molecule has 3 aromatic rings. The molecule has 120 valence electrons. The summed E-state index contributed by atoms with van der Waals surface area (Å²) < 4.78 is 6.69. The van der Waals surface area contributed by atoms with Gasteiger partial charge < -0.3 is 9.73 Å². The van der Waals surface area contributed by atoms with Crippen LogP contribution in [0, 0.1) is 0 Å². The van der Waals surface area contributed by atoms with Crippen molar-refractivity contribution in [3.63, 3.8) is 0 Å². The van der Waals surface area contributed by atoms with Crippen LogP contribution in [0.25, 0.3) is 20.9 Å². The molecular formula is C15H14ClN3O2S2. The number of hydrogen-bond acceptors (Lipinski definition) is 6. The summed E-state index contributed by atoms with van der Waals surface area (Å²) in [7, 11) is 0. The lowest BCUT2D eigenvalue weighted by Gasteiger charge is -2.06. The molecule has 0 saturated carbocycles. The fourth-order valence-corrected chi connectivity index (χ4v) is 4.01. The van der Waals surface area contributed by atoms with Crippen molar-refractivity contribution in [3.05, 3.63) is 29.3 Å². The number of halogens is 1. The number of rotatable bonds is 5. The average Bonchev–Trinajstić information content (AvgIpc) is 3.10. The van der Waals surface area contributed by atoms with Gasteiger partial charge in [0.1, 0.15) is 4.88 Å². The van der Waals surface area contributed by atoms with Crippen LogP contribution in [0.1, 0.15) is 13.8 Å². The maximum atomic E-state index is 11.6. The van der Waals surface area contributed by atoms with Gasteiger partial charge in [-0.2, -0.15) is 0 Å². The molecule has 1 N–H and O–H groups in total. The van der Waals surface area contributed by atoms with Crippen LogP contribution in [0.4, 0.5) is 0 Å². The van der Waals surface area contributed by atoms with Gasteiger partial charge in [0, 0.05) is 16.1 Å². The maximum Gasteiger partial charge on any atom is 0.277 e. The topological polar surface area (TPSA) is 68.0 Å². The number of nitrogens with zero attached hydrogens (tertiary/aromatic N) is 2. The third-order valence-electron chi connectivity index (χ3n) is 2.91. The van der Waals surface area contributed by atoms with Crippen LogP contribution in [0.3, 0.4) is 0 Å². The van der Waals surface area contributed by atoms with Gasteiger partial charge in [-0.05, 0) is 19.9 Å². The zero-order chi connectivity index (χ0) is 16.4. The first-order valence-electron chi connectivity index (χ1n) is 6.97. The Labute approximate surface area is 146 Å². The minimum absolute atomic E-state index is 0.0651. The Bertz CT molecular complexity index is 844. The molecule has 3 rings (SSSR count). The van der Waals surface area contributed by atoms with E-state index in [9.17, 15) is 4.79 Å². The van der Waals surface area contributed by atoms with Gasteiger partial charge in [-0.3, -0.25) is 4.79 Å². The van der Waals surface area contributed by atoms with E-state index < -0.39 is 0 Å². The summed E-state index contributed by atoms with van der Waals surface area (Å²) >= 11 is 9.11. The van der Waals surface area contributed by atoms with E-state index in [-0.39, 0.29) is 17.7 Å². The SMILES string of the molecule is CC(C)NC(=O)CSc1nnc(-c2sc3ccccc3c2Cl)o1. The standard InChI is InChI=1S/C15H14ClN3O2S2/c1-8(2)17-11(20)7-22-15-19-18-14(21-15)13-12(16)9-5-3-4-6-10(9)23-13/h3-6,8H,7H2,1-2H3,(H,17,20). The van der Waals surface area contributed by atoms with Crippen molar-refractivity contribution in [2.45, 2.75) is 25.1 Å². The molecule has 0 radical (unpaired) electrons. The molecule has 0 aliphatic heterocycles. The molecule has 0 aliphatic rings. The van der Waals surface area contributed by atoms with Gasteiger partial charge in [0.25, 0.3) is 11.1 Å². The van der Waals surface area contributed by atoms with Crippen molar-refractivity contribution in [3.8, 4) is 10.8 Å². The number of amides is 1.